The largest absolute Gasteiger partial charge is 0.381 e. The zero-order valence-corrected chi connectivity index (χ0v) is 6.47. The van der Waals surface area contributed by atoms with E-state index in [1.54, 1.807) is 0 Å². The van der Waals surface area contributed by atoms with Gasteiger partial charge in [-0.1, -0.05) is 0 Å². The summed E-state index contributed by atoms with van der Waals surface area (Å²) in [7, 11) is 0. The molecule has 2 nitrogen and oxygen atoms in total. The summed E-state index contributed by atoms with van der Waals surface area (Å²) in [4.78, 5) is 0. The molecule has 1 aliphatic heterocycles. The fraction of sp³-hybridized carbons (Fsp3) is 1.00. The minimum absolute atomic E-state index is 0.920. The maximum atomic E-state index is 5.35. The second-order valence-corrected chi connectivity index (χ2v) is 2.64. The van der Waals surface area contributed by atoms with Crippen LogP contribution < -0.4 is 0 Å². The van der Waals surface area contributed by atoms with Crippen molar-refractivity contribution in [2.75, 3.05) is 26.4 Å². The molecular weight excluding hydrogens is 128 g/mol. The predicted molar refractivity (Wildman–Crippen MR) is 40.1 cm³/mol. The van der Waals surface area contributed by atoms with Crippen molar-refractivity contribution in [3.63, 3.8) is 0 Å². The molecule has 2 heteroatoms. The summed E-state index contributed by atoms with van der Waals surface area (Å²) in [5.74, 6) is 0. The first-order valence-corrected chi connectivity index (χ1v) is 4.15. The van der Waals surface area contributed by atoms with Crippen LogP contribution >= 0.6 is 0 Å². The van der Waals surface area contributed by atoms with E-state index in [4.69, 9.17) is 9.47 Å². The highest BCUT2D eigenvalue weighted by Gasteiger charge is 1.95. The topological polar surface area (TPSA) is 18.5 Å². The molecule has 1 fully saturated rings. The average Bonchev–Trinajstić information content (AvgIpc) is 2.01. The van der Waals surface area contributed by atoms with Gasteiger partial charge in [-0.2, -0.15) is 0 Å². The van der Waals surface area contributed by atoms with E-state index >= 15 is 0 Å². The first-order chi connectivity index (χ1) is 5.00. The molecule has 1 saturated heterocycles. The van der Waals surface area contributed by atoms with Crippen LogP contribution in [-0.4, -0.2) is 26.4 Å². The lowest BCUT2D eigenvalue weighted by atomic mass is 10.3. The van der Waals surface area contributed by atoms with Crippen LogP contribution in [0.3, 0.4) is 0 Å². The van der Waals surface area contributed by atoms with Crippen molar-refractivity contribution in [1.29, 1.82) is 0 Å². The van der Waals surface area contributed by atoms with Gasteiger partial charge >= 0.3 is 0 Å². The quantitative estimate of drug-likeness (QED) is 0.514. The minimum atomic E-state index is 0.920. The molecule has 1 heterocycles. The van der Waals surface area contributed by atoms with Crippen LogP contribution in [0.2, 0.25) is 0 Å². The second-order valence-electron chi connectivity index (χ2n) is 2.64. The Balaban J connectivity index is 2.00. The van der Waals surface area contributed by atoms with Gasteiger partial charge < -0.3 is 9.47 Å². The maximum Gasteiger partial charge on any atom is 0.0466 e. The van der Waals surface area contributed by atoms with E-state index in [2.05, 4.69) is 0 Å². The lowest BCUT2D eigenvalue weighted by Gasteiger charge is -2.08. The molecule has 10 heavy (non-hydrogen) atoms. The van der Waals surface area contributed by atoms with Crippen LogP contribution in [-0.2, 0) is 9.47 Å². The highest BCUT2D eigenvalue weighted by atomic mass is 16.5. The zero-order chi connectivity index (χ0) is 7.07. The van der Waals surface area contributed by atoms with Crippen molar-refractivity contribution in [1.82, 2.24) is 0 Å². The van der Waals surface area contributed by atoms with Crippen molar-refractivity contribution in [3.8, 4) is 0 Å². The Morgan fingerprint density at radius 3 is 1.10 bits per heavy atom. The Morgan fingerprint density at radius 2 is 0.800 bits per heavy atom. The van der Waals surface area contributed by atoms with E-state index in [0.717, 1.165) is 52.1 Å². The molecule has 0 aliphatic carbocycles. The van der Waals surface area contributed by atoms with Gasteiger partial charge in [0.1, 0.15) is 0 Å². The average molecular weight is 144 g/mol. The van der Waals surface area contributed by atoms with Gasteiger partial charge in [-0.15, -0.1) is 0 Å². The predicted octanol–water partition coefficient (Wildman–Crippen LogP) is 1.59. The molecule has 0 aromatic carbocycles. The van der Waals surface area contributed by atoms with Gasteiger partial charge in [-0.05, 0) is 25.7 Å². The van der Waals surface area contributed by atoms with Gasteiger partial charge in [0, 0.05) is 26.4 Å². The van der Waals surface area contributed by atoms with Gasteiger partial charge in [0.15, 0.2) is 0 Å². The third-order valence-electron chi connectivity index (χ3n) is 1.65. The zero-order valence-electron chi connectivity index (χ0n) is 6.47. The number of rotatable bonds is 0. The second kappa shape index (κ2) is 5.69. The van der Waals surface area contributed by atoms with Gasteiger partial charge in [0.25, 0.3) is 0 Å². The molecule has 0 bridgehead atoms. The van der Waals surface area contributed by atoms with Crippen LogP contribution in [0.4, 0.5) is 0 Å². The molecule has 0 radical (unpaired) electrons. The summed E-state index contributed by atoms with van der Waals surface area (Å²) in [5.41, 5.74) is 0. The molecule has 0 unspecified atom stereocenters. The van der Waals surface area contributed by atoms with Gasteiger partial charge in [0.05, 0.1) is 0 Å². The van der Waals surface area contributed by atoms with Crippen molar-refractivity contribution < 1.29 is 9.47 Å². The molecule has 0 aromatic rings. The smallest absolute Gasteiger partial charge is 0.0466 e. The third-order valence-corrected chi connectivity index (χ3v) is 1.65. The Bertz CT molecular complexity index is 40.4. The summed E-state index contributed by atoms with van der Waals surface area (Å²) in [5, 5.41) is 0. The number of hydrogen-bond acceptors (Lipinski definition) is 2. The molecule has 0 saturated carbocycles. The Labute approximate surface area is 62.5 Å². The van der Waals surface area contributed by atoms with Crippen molar-refractivity contribution in [2.45, 2.75) is 25.7 Å². The Morgan fingerprint density at radius 1 is 0.500 bits per heavy atom. The van der Waals surface area contributed by atoms with Crippen molar-refractivity contribution >= 4 is 0 Å². The molecule has 0 N–H and O–H groups in total. The van der Waals surface area contributed by atoms with Crippen LogP contribution in [0.15, 0.2) is 0 Å². The summed E-state index contributed by atoms with van der Waals surface area (Å²) in [6, 6.07) is 0. The molecule has 60 valence electrons. The van der Waals surface area contributed by atoms with Gasteiger partial charge in [-0.25, -0.2) is 0 Å². The third kappa shape index (κ3) is 3.85. The van der Waals surface area contributed by atoms with E-state index < -0.39 is 0 Å². The summed E-state index contributed by atoms with van der Waals surface area (Å²) < 4.78 is 10.7. The lowest BCUT2D eigenvalue weighted by molar-refractivity contribution is 0.0750. The van der Waals surface area contributed by atoms with E-state index in [9.17, 15) is 0 Å². The lowest BCUT2D eigenvalue weighted by Crippen LogP contribution is -2.05. The van der Waals surface area contributed by atoms with Gasteiger partial charge in [0.2, 0.25) is 0 Å². The Kier molecular flexibility index (Phi) is 4.56. The highest BCUT2D eigenvalue weighted by Crippen LogP contribution is 1.98. The van der Waals surface area contributed by atoms with Crippen LogP contribution in [0.1, 0.15) is 25.7 Å². The van der Waals surface area contributed by atoms with Crippen LogP contribution in [0.5, 0.6) is 0 Å². The van der Waals surface area contributed by atoms with Crippen LogP contribution in [0, 0.1) is 0 Å². The van der Waals surface area contributed by atoms with Crippen molar-refractivity contribution in [2.24, 2.45) is 0 Å². The number of hydrogen-bond donors (Lipinski definition) is 0. The molecule has 0 amide bonds. The van der Waals surface area contributed by atoms with E-state index in [0.29, 0.717) is 0 Å². The molecule has 0 aromatic heterocycles. The minimum Gasteiger partial charge on any atom is -0.381 e. The fourth-order valence-corrected chi connectivity index (χ4v) is 1.02. The summed E-state index contributed by atoms with van der Waals surface area (Å²) >= 11 is 0. The van der Waals surface area contributed by atoms with Crippen LogP contribution in [0.25, 0.3) is 0 Å². The molecule has 0 atom stereocenters. The maximum absolute atomic E-state index is 5.35. The standard InChI is InChI=1S/C8H16O2/c1-2-6-10-8-4-3-7-9-5-1/h1-8H2. The van der Waals surface area contributed by atoms with E-state index in [1.807, 2.05) is 0 Å². The van der Waals surface area contributed by atoms with E-state index in [1.165, 1.54) is 0 Å². The van der Waals surface area contributed by atoms with Gasteiger partial charge in [-0.3, -0.25) is 0 Å². The molecular formula is C8H16O2. The number of ether oxygens (including phenoxy) is 2. The fourth-order valence-electron chi connectivity index (χ4n) is 1.02. The molecule has 1 rings (SSSR count). The normalized spacial score (nSPS) is 24.0. The Hall–Kier alpha value is -0.0800. The first kappa shape index (κ1) is 8.02. The summed E-state index contributed by atoms with van der Waals surface area (Å²) in [6.07, 6.45) is 4.61. The monoisotopic (exact) mass is 144 g/mol. The van der Waals surface area contributed by atoms with E-state index in [-0.39, 0.29) is 0 Å². The van der Waals surface area contributed by atoms with Crippen molar-refractivity contribution in [3.05, 3.63) is 0 Å². The molecule has 0 spiro atoms. The first-order valence-electron chi connectivity index (χ1n) is 4.15. The SMILES string of the molecule is C1CCOCCCCOC1. The summed E-state index contributed by atoms with van der Waals surface area (Å²) in [6.45, 7) is 3.68. The molecule has 1 aliphatic rings. The highest BCUT2D eigenvalue weighted by molar-refractivity contribution is 4.44.